The monoisotopic (exact) mass is 613 g/mol. The largest absolute Gasteiger partial charge is 0.497 e. The van der Waals surface area contributed by atoms with Crippen LogP contribution >= 0.6 is 34.8 Å². The molecule has 0 saturated carbocycles. The maximum Gasteiger partial charge on any atom is 0.417 e. The van der Waals surface area contributed by atoms with Gasteiger partial charge in [-0.2, -0.15) is 26.3 Å². The van der Waals surface area contributed by atoms with E-state index in [4.69, 9.17) is 39.5 Å². The number of rotatable bonds is 8. The SMILES string of the molecule is COc1ccc(NCC(=O)c2ccc(/C(F)=C/C(c3cc(Cl)c(Cl)c(Cl)c3)C(F)(F)F)cc2C(F)(F)F)cc1. The molecule has 13 heteroatoms. The van der Waals surface area contributed by atoms with Crippen molar-refractivity contribution in [1.82, 2.24) is 0 Å². The second-order valence-electron chi connectivity index (χ2n) is 8.10. The number of hydrogen-bond acceptors (Lipinski definition) is 3. The number of ketones is 1. The minimum absolute atomic E-state index is 0.0953. The van der Waals surface area contributed by atoms with Crippen molar-refractivity contribution in [1.29, 1.82) is 0 Å². The van der Waals surface area contributed by atoms with Gasteiger partial charge in [-0.05, 0) is 54.1 Å². The second-order valence-corrected chi connectivity index (χ2v) is 9.29. The van der Waals surface area contributed by atoms with Gasteiger partial charge in [-0.15, -0.1) is 0 Å². The maximum absolute atomic E-state index is 15.0. The molecule has 0 aliphatic heterocycles. The van der Waals surface area contributed by atoms with Gasteiger partial charge in [-0.1, -0.05) is 46.9 Å². The highest BCUT2D eigenvalue weighted by Crippen LogP contribution is 2.43. The number of methoxy groups -OCH3 is 1. The van der Waals surface area contributed by atoms with E-state index in [0.29, 0.717) is 17.5 Å². The van der Waals surface area contributed by atoms with Crippen molar-refractivity contribution in [3.8, 4) is 5.75 Å². The number of halogens is 10. The zero-order valence-corrected chi connectivity index (χ0v) is 21.9. The first-order valence-electron chi connectivity index (χ1n) is 10.8. The molecule has 0 amide bonds. The molecule has 0 aromatic heterocycles. The van der Waals surface area contributed by atoms with Gasteiger partial charge in [0, 0.05) is 16.8 Å². The van der Waals surface area contributed by atoms with Gasteiger partial charge in [0.1, 0.15) is 17.5 Å². The third-order valence-corrected chi connectivity index (χ3v) is 6.67. The first-order chi connectivity index (χ1) is 18.1. The van der Waals surface area contributed by atoms with Gasteiger partial charge in [0.25, 0.3) is 0 Å². The van der Waals surface area contributed by atoms with Gasteiger partial charge < -0.3 is 10.1 Å². The highest BCUT2D eigenvalue weighted by atomic mass is 35.5. The lowest BCUT2D eigenvalue weighted by atomic mass is 9.95. The predicted molar refractivity (Wildman–Crippen MR) is 137 cm³/mol. The van der Waals surface area contributed by atoms with Crippen LogP contribution in [-0.4, -0.2) is 25.6 Å². The van der Waals surface area contributed by atoms with Crippen molar-refractivity contribution < 1.29 is 40.3 Å². The standard InChI is InChI=1S/C26H17Cl3F7NO2/c1-39-16-5-3-15(4-6-16)37-12-23(38)17-7-2-13(8-19(17)26(34,35)36)22(30)11-18(25(31,32)33)14-9-20(27)24(29)21(28)10-14/h2-11,18,37H,12H2,1H3/b22-11-. The summed E-state index contributed by atoms with van der Waals surface area (Å²) in [6.45, 7) is -0.540. The van der Waals surface area contributed by atoms with Crippen molar-refractivity contribution >= 4 is 52.1 Å². The molecule has 0 aliphatic carbocycles. The number of alkyl halides is 6. The summed E-state index contributed by atoms with van der Waals surface area (Å²) in [7, 11) is 1.44. The fraction of sp³-hybridized carbons (Fsp3) is 0.192. The molecule has 0 aliphatic rings. The minimum atomic E-state index is -5.11. The van der Waals surface area contributed by atoms with Crippen LogP contribution in [0.25, 0.3) is 5.83 Å². The van der Waals surface area contributed by atoms with Crippen LogP contribution in [0.15, 0.2) is 60.7 Å². The van der Waals surface area contributed by atoms with Crippen LogP contribution in [0.5, 0.6) is 5.75 Å². The van der Waals surface area contributed by atoms with E-state index in [1.807, 2.05) is 0 Å². The highest BCUT2D eigenvalue weighted by molar-refractivity contribution is 6.48. The summed E-state index contributed by atoms with van der Waals surface area (Å²) < 4.78 is 103. The fourth-order valence-electron chi connectivity index (χ4n) is 3.53. The Labute approximate surface area is 233 Å². The Hall–Kier alpha value is -2.95. The number of ether oxygens (including phenoxy) is 1. The number of hydrogen-bond donors (Lipinski definition) is 1. The lowest BCUT2D eigenvalue weighted by Crippen LogP contribution is -2.20. The topological polar surface area (TPSA) is 38.3 Å². The minimum Gasteiger partial charge on any atom is -0.497 e. The smallest absolute Gasteiger partial charge is 0.417 e. The summed E-state index contributed by atoms with van der Waals surface area (Å²) in [6.07, 6.45) is -10.1. The van der Waals surface area contributed by atoms with Crippen LogP contribution in [0.1, 0.15) is 33.0 Å². The van der Waals surface area contributed by atoms with Crippen molar-refractivity contribution in [3.05, 3.63) is 98.0 Å². The number of benzene rings is 3. The summed E-state index contributed by atoms with van der Waals surface area (Å²) >= 11 is 17.4. The van der Waals surface area contributed by atoms with Crippen LogP contribution in [0, 0.1) is 0 Å². The molecule has 1 unspecified atom stereocenters. The van der Waals surface area contributed by atoms with E-state index in [-0.39, 0.29) is 27.2 Å². The Morgan fingerprint density at radius 3 is 2.05 bits per heavy atom. The van der Waals surface area contributed by atoms with E-state index >= 15 is 4.39 Å². The lowest BCUT2D eigenvalue weighted by molar-refractivity contribution is -0.140. The van der Waals surface area contributed by atoms with Gasteiger partial charge in [0.15, 0.2) is 5.78 Å². The molecule has 208 valence electrons. The van der Waals surface area contributed by atoms with E-state index in [2.05, 4.69) is 5.32 Å². The molecular formula is C26H17Cl3F7NO2. The summed E-state index contributed by atoms with van der Waals surface area (Å²) in [5.41, 5.74) is -3.27. The van der Waals surface area contributed by atoms with E-state index < -0.39 is 58.7 Å². The Kier molecular flexibility index (Phi) is 9.46. The third kappa shape index (κ3) is 7.58. The molecule has 1 N–H and O–H groups in total. The molecule has 0 heterocycles. The summed E-state index contributed by atoms with van der Waals surface area (Å²) in [5, 5.41) is 1.80. The quantitative estimate of drug-likeness (QED) is 0.156. The fourth-order valence-corrected chi connectivity index (χ4v) is 4.15. The van der Waals surface area contributed by atoms with Crippen molar-refractivity contribution in [2.75, 3.05) is 19.0 Å². The molecule has 0 radical (unpaired) electrons. The molecule has 0 fully saturated rings. The third-order valence-electron chi connectivity index (χ3n) is 5.48. The van der Waals surface area contributed by atoms with E-state index in [1.54, 1.807) is 12.1 Å². The van der Waals surface area contributed by atoms with Crippen molar-refractivity contribution in [2.45, 2.75) is 18.3 Å². The number of carbonyl (C=O) groups is 1. The number of Topliss-reactive ketones (excluding diaryl/α,β-unsaturated/α-hetero) is 1. The number of allylic oxidation sites excluding steroid dienone is 1. The molecule has 3 rings (SSSR count). The predicted octanol–water partition coefficient (Wildman–Crippen LogP) is 9.63. The summed E-state index contributed by atoms with van der Waals surface area (Å²) in [6, 6.07) is 9.65. The molecule has 3 aromatic carbocycles. The van der Waals surface area contributed by atoms with Gasteiger partial charge in [0.05, 0.1) is 34.3 Å². The number of anilines is 1. The Bertz CT molecular complexity index is 1360. The molecule has 1 atom stereocenters. The molecule has 0 bridgehead atoms. The average Bonchev–Trinajstić information content (AvgIpc) is 2.87. The van der Waals surface area contributed by atoms with Crippen molar-refractivity contribution in [3.63, 3.8) is 0 Å². The molecule has 0 saturated heterocycles. The van der Waals surface area contributed by atoms with E-state index in [9.17, 15) is 31.1 Å². The normalized spacial score (nSPS) is 13.3. The zero-order chi connectivity index (χ0) is 29.1. The summed E-state index contributed by atoms with van der Waals surface area (Å²) in [4.78, 5) is 12.6. The average molecular weight is 615 g/mol. The van der Waals surface area contributed by atoms with Crippen LogP contribution in [-0.2, 0) is 6.18 Å². The van der Waals surface area contributed by atoms with Crippen LogP contribution in [0.4, 0.5) is 36.4 Å². The van der Waals surface area contributed by atoms with Crippen molar-refractivity contribution in [2.24, 2.45) is 0 Å². The first kappa shape index (κ1) is 30.6. The molecule has 0 spiro atoms. The van der Waals surface area contributed by atoms with E-state index in [1.165, 1.54) is 19.2 Å². The van der Waals surface area contributed by atoms with Gasteiger partial charge in [-0.3, -0.25) is 4.79 Å². The first-order valence-corrected chi connectivity index (χ1v) is 12.0. The Balaban J connectivity index is 1.95. The second kappa shape index (κ2) is 12.1. The number of carbonyl (C=O) groups excluding carboxylic acids is 1. The Morgan fingerprint density at radius 2 is 1.54 bits per heavy atom. The van der Waals surface area contributed by atoms with Crippen LogP contribution in [0.3, 0.4) is 0 Å². The molecular weight excluding hydrogens is 598 g/mol. The molecule has 3 nitrogen and oxygen atoms in total. The van der Waals surface area contributed by atoms with Crippen LogP contribution < -0.4 is 10.1 Å². The molecule has 39 heavy (non-hydrogen) atoms. The number of nitrogens with one attached hydrogen (secondary N) is 1. The lowest BCUT2D eigenvalue weighted by Gasteiger charge is -2.19. The van der Waals surface area contributed by atoms with Gasteiger partial charge >= 0.3 is 12.4 Å². The molecule has 3 aromatic rings. The van der Waals surface area contributed by atoms with Crippen LogP contribution in [0.2, 0.25) is 15.1 Å². The van der Waals surface area contributed by atoms with Gasteiger partial charge in [0.2, 0.25) is 0 Å². The zero-order valence-electron chi connectivity index (χ0n) is 19.7. The summed E-state index contributed by atoms with van der Waals surface area (Å²) in [5.74, 6) is -4.69. The van der Waals surface area contributed by atoms with Gasteiger partial charge in [-0.25, -0.2) is 4.39 Å². The van der Waals surface area contributed by atoms with E-state index in [0.717, 1.165) is 18.2 Å². The Morgan fingerprint density at radius 1 is 0.949 bits per heavy atom. The maximum atomic E-state index is 15.0. The highest BCUT2D eigenvalue weighted by Gasteiger charge is 2.41.